The highest BCUT2D eigenvalue weighted by molar-refractivity contribution is 7.12. The van der Waals surface area contributed by atoms with Crippen molar-refractivity contribution in [2.45, 2.75) is 32.9 Å². The molecule has 1 aliphatic heterocycles. The van der Waals surface area contributed by atoms with E-state index in [4.69, 9.17) is 21.1 Å². The first kappa shape index (κ1) is 28.4. The number of benzene rings is 3. The summed E-state index contributed by atoms with van der Waals surface area (Å²) in [6, 6.07) is 15.2. The van der Waals surface area contributed by atoms with Crippen LogP contribution in [0.1, 0.15) is 34.6 Å². The van der Waals surface area contributed by atoms with Gasteiger partial charge in [0.05, 0.1) is 23.5 Å². The van der Waals surface area contributed by atoms with E-state index in [9.17, 15) is 14.0 Å². The van der Waals surface area contributed by atoms with Gasteiger partial charge in [-0.05, 0) is 73.7 Å². The molecule has 0 saturated heterocycles. The van der Waals surface area contributed by atoms with Gasteiger partial charge in [0.25, 0.3) is 5.91 Å². The zero-order chi connectivity index (χ0) is 29.5. The maximum Gasteiger partial charge on any atom is 0.355 e. The molecular weight excluding hydrogens is 565 g/mol. The van der Waals surface area contributed by atoms with E-state index in [0.717, 1.165) is 27.9 Å². The Bertz CT molecular complexity index is 1670. The summed E-state index contributed by atoms with van der Waals surface area (Å²) in [7, 11) is 3.28. The Morgan fingerprint density at radius 3 is 2.59 bits per heavy atom. The van der Waals surface area contributed by atoms with Crippen molar-refractivity contribution in [1.82, 2.24) is 0 Å². The lowest BCUT2D eigenvalue weighted by molar-refractivity contribution is -0.121. The van der Waals surface area contributed by atoms with Gasteiger partial charge in [-0.15, -0.1) is 11.3 Å². The predicted octanol–water partition coefficient (Wildman–Crippen LogP) is 7.52. The maximum absolute atomic E-state index is 14.1. The van der Waals surface area contributed by atoms with Crippen LogP contribution in [0.3, 0.4) is 0 Å². The summed E-state index contributed by atoms with van der Waals surface area (Å²) < 4.78 is 25.4. The molecule has 0 unspecified atom stereocenters. The molecule has 0 atom stereocenters. The highest BCUT2D eigenvalue weighted by Crippen LogP contribution is 2.45. The van der Waals surface area contributed by atoms with E-state index in [1.807, 2.05) is 32.9 Å². The zero-order valence-electron chi connectivity index (χ0n) is 23.2. The number of amides is 1. The summed E-state index contributed by atoms with van der Waals surface area (Å²) in [5, 5.41) is 8.76. The van der Waals surface area contributed by atoms with Crippen LogP contribution in [-0.2, 0) is 11.3 Å². The fourth-order valence-corrected chi connectivity index (χ4v) is 5.99. The van der Waals surface area contributed by atoms with Crippen molar-refractivity contribution in [3.05, 3.63) is 86.8 Å². The normalized spacial score (nSPS) is 13.8. The summed E-state index contributed by atoms with van der Waals surface area (Å²) in [6.07, 6.45) is 0. The molecule has 1 aliphatic rings. The largest absolute Gasteiger partial charge is 0.496 e. The monoisotopic (exact) mass is 593 g/mol. The Morgan fingerprint density at radius 2 is 1.88 bits per heavy atom. The van der Waals surface area contributed by atoms with Crippen molar-refractivity contribution < 1.29 is 23.5 Å². The van der Waals surface area contributed by atoms with E-state index < -0.39 is 11.5 Å². The number of esters is 1. The minimum Gasteiger partial charge on any atom is -0.496 e. The molecule has 41 heavy (non-hydrogen) atoms. The van der Waals surface area contributed by atoms with Crippen molar-refractivity contribution in [2.75, 3.05) is 29.7 Å². The van der Waals surface area contributed by atoms with Crippen molar-refractivity contribution in [3.63, 3.8) is 0 Å². The number of likely N-dealkylation sites (N-methyl/N-ethyl adjacent to an activating group) is 1. The third kappa shape index (κ3) is 5.47. The number of methoxy groups -OCH3 is 1. The van der Waals surface area contributed by atoms with E-state index in [0.29, 0.717) is 39.3 Å². The fraction of sp³-hybridized carbons (Fsp3) is 0.226. The highest BCUT2D eigenvalue weighted by Gasteiger charge is 2.38. The number of ether oxygens (including phenoxy) is 2. The standard InChI is InChI=1S/C31H29ClFN3O4S/c1-17-6-7-18(33)14-25(17)34-16-22-20(10-11-24-27(22)36(4)30(38)31(2,3)35-24)21-9-8-19(15-26(21)39-5)40-29(37)28-23(32)12-13-41-28/h6-15,34-35H,16H2,1-5H3. The van der Waals surface area contributed by atoms with Crippen LogP contribution < -0.4 is 25.0 Å². The van der Waals surface area contributed by atoms with Gasteiger partial charge in [0, 0.05) is 36.5 Å². The van der Waals surface area contributed by atoms with Crippen LogP contribution in [0, 0.1) is 12.7 Å². The number of halogens is 2. The Labute approximate surface area is 246 Å². The summed E-state index contributed by atoms with van der Waals surface area (Å²) in [4.78, 5) is 27.9. The molecule has 0 aliphatic carbocycles. The van der Waals surface area contributed by atoms with Crippen molar-refractivity contribution >= 4 is 51.9 Å². The molecule has 0 fully saturated rings. The second kappa shape index (κ2) is 11.1. The second-order valence-electron chi connectivity index (χ2n) is 10.3. The first-order valence-electron chi connectivity index (χ1n) is 12.9. The Hall–Kier alpha value is -4.08. The molecule has 0 radical (unpaired) electrons. The molecule has 0 spiro atoms. The Balaban J connectivity index is 1.58. The van der Waals surface area contributed by atoms with E-state index in [1.54, 1.807) is 47.7 Å². The van der Waals surface area contributed by atoms with Gasteiger partial charge in [0.15, 0.2) is 0 Å². The lowest BCUT2D eigenvalue weighted by Crippen LogP contribution is -2.52. The molecule has 4 aromatic rings. The van der Waals surface area contributed by atoms with Gasteiger partial charge in [0.1, 0.15) is 27.7 Å². The average molecular weight is 594 g/mol. The summed E-state index contributed by atoms with van der Waals surface area (Å²) in [6.45, 7) is 5.86. The smallest absolute Gasteiger partial charge is 0.355 e. The van der Waals surface area contributed by atoms with Gasteiger partial charge in [-0.2, -0.15) is 0 Å². The van der Waals surface area contributed by atoms with Crippen LogP contribution in [0.4, 0.5) is 21.5 Å². The maximum atomic E-state index is 14.1. The summed E-state index contributed by atoms with van der Waals surface area (Å²) in [5.74, 6) is -0.234. The molecule has 3 aromatic carbocycles. The van der Waals surface area contributed by atoms with Gasteiger partial charge in [-0.3, -0.25) is 4.79 Å². The summed E-state index contributed by atoms with van der Waals surface area (Å²) in [5.41, 5.74) is 4.57. The molecule has 212 valence electrons. The number of hydrogen-bond donors (Lipinski definition) is 2. The topological polar surface area (TPSA) is 79.9 Å². The predicted molar refractivity (Wildman–Crippen MR) is 162 cm³/mol. The van der Waals surface area contributed by atoms with Crippen LogP contribution in [0.5, 0.6) is 11.5 Å². The number of carbonyl (C=O) groups excluding carboxylic acids is 2. The molecule has 10 heteroatoms. The Kier molecular flexibility index (Phi) is 7.68. The molecule has 7 nitrogen and oxygen atoms in total. The van der Waals surface area contributed by atoms with Crippen LogP contribution in [0.25, 0.3) is 11.1 Å². The molecule has 2 N–H and O–H groups in total. The van der Waals surface area contributed by atoms with Gasteiger partial charge in [-0.25, -0.2) is 9.18 Å². The van der Waals surface area contributed by atoms with Crippen LogP contribution >= 0.6 is 22.9 Å². The Morgan fingerprint density at radius 1 is 1.12 bits per heavy atom. The third-order valence-electron chi connectivity index (χ3n) is 7.04. The van der Waals surface area contributed by atoms with Gasteiger partial charge in [0.2, 0.25) is 0 Å². The molecule has 1 aromatic heterocycles. The number of hydrogen-bond acceptors (Lipinski definition) is 7. The molecule has 0 saturated carbocycles. The highest BCUT2D eigenvalue weighted by atomic mass is 35.5. The minimum absolute atomic E-state index is 0.0909. The molecule has 1 amide bonds. The van der Waals surface area contributed by atoms with Crippen LogP contribution in [0.15, 0.2) is 60.0 Å². The lowest BCUT2D eigenvalue weighted by Gasteiger charge is -2.40. The third-order valence-corrected chi connectivity index (χ3v) is 8.36. The first-order valence-corrected chi connectivity index (χ1v) is 14.1. The zero-order valence-corrected chi connectivity index (χ0v) is 24.8. The number of nitrogens with zero attached hydrogens (tertiary/aromatic N) is 1. The van der Waals surface area contributed by atoms with E-state index in [-0.39, 0.29) is 11.7 Å². The molecule has 5 rings (SSSR count). The van der Waals surface area contributed by atoms with Gasteiger partial charge in [-0.1, -0.05) is 23.7 Å². The fourth-order valence-electron chi connectivity index (χ4n) is 4.98. The summed E-state index contributed by atoms with van der Waals surface area (Å²) >= 11 is 7.30. The van der Waals surface area contributed by atoms with Crippen LogP contribution in [-0.4, -0.2) is 31.6 Å². The number of aryl methyl sites for hydroxylation is 1. The number of thiophene rings is 1. The van der Waals surface area contributed by atoms with Crippen molar-refractivity contribution in [1.29, 1.82) is 0 Å². The average Bonchev–Trinajstić information content (AvgIpc) is 3.38. The molecule has 0 bridgehead atoms. The first-order chi connectivity index (χ1) is 19.5. The number of carbonyl (C=O) groups is 2. The number of rotatable bonds is 7. The minimum atomic E-state index is -0.790. The number of nitrogens with one attached hydrogen (secondary N) is 2. The van der Waals surface area contributed by atoms with E-state index >= 15 is 0 Å². The number of fused-ring (bicyclic) bond motifs is 1. The van der Waals surface area contributed by atoms with Crippen LogP contribution in [0.2, 0.25) is 5.02 Å². The van der Waals surface area contributed by atoms with Crippen molar-refractivity contribution in [2.24, 2.45) is 0 Å². The molecular formula is C31H29ClFN3O4S. The molecule has 2 heterocycles. The quantitative estimate of drug-likeness (QED) is 0.170. The van der Waals surface area contributed by atoms with E-state index in [2.05, 4.69) is 10.6 Å². The number of anilines is 3. The SMILES string of the molecule is COc1cc(OC(=O)c2sccc2Cl)ccc1-c1ccc2c(c1CNc1cc(F)ccc1C)N(C)C(=O)C(C)(C)N2. The lowest BCUT2D eigenvalue weighted by atomic mass is 9.91. The van der Waals surface area contributed by atoms with E-state index in [1.165, 1.54) is 30.6 Å². The van der Waals surface area contributed by atoms with Gasteiger partial charge < -0.3 is 25.0 Å². The second-order valence-corrected chi connectivity index (χ2v) is 11.6. The van der Waals surface area contributed by atoms with Gasteiger partial charge >= 0.3 is 5.97 Å². The van der Waals surface area contributed by atoms with Crippen molar-refractivity contribution in [3.8, 4) is 22.6 Å².